The highest BCUT2D eigenvalue weighted by molar-refractivity contribution is 14.1. The fourth-order valence-corrected chi connectivity index (χ4v) is 17.4. The normalized spacial score (nSPS) is 29.3. The highest BCUT2D eigenvalue weighted by Crippen LogP contribution is 2.62. The van der Waals surface area contributed by atoms with Crippen LogP contribution in [-0.2, 0) is 41.7 Å². The third kappa shape index (κ3) is 16.0. The zero-order valence-corrected chi connectivity index (χ0v) is 63.5. The monoisotopic (exact) mass is 1490 g/mol. The Bertz CT molecular complexity index is 3770. The predicted molar refractivity (Wildman–Crippen MR) is 394 cm³/mol. The van der Waals surface area contributed by atoms with E-state index in [1.165, 1.54) is 12.8 Å². The lowest BCUT2D eigenvalue weighted by Gasteiger charge is -2.62. The maximum Gasteiger partial charge on any atom is 0.494 e. The summed E-state index contributed by atoms with van der Waals surface area (Å²) in [6.07, 6.45) is 1.43. The van der Waals surface area contributed by atoms with Crippen LogP contribution < -0.4 is 25.9 Å². The van der Waals surface area contributed by atoms with Gasteiger partial charge in [-0.15, -0.1) is 0 Å². The largest absolute Gasteiger partial charge is 0.494 e. The summed E-state index contributed by atoms with van der Waals surface area (Å²) in [5.74, 6) is -0.273. The molecular formula is C74H104BIN12O12. The summed E-state index contributed by atoms with van der Waals surface area (Å²) >= 11 is 2.31. The predicted octanol–water partition coefficient (Wildman–Crippen LogP) is 11.7. The molecule has 13 rings (SSSR count). The van der Waals surface area contributed by atoms with E-state index in [1.807, 2.05) is 115 Å². The van der Waals surface area contributed by atoms with Crippen molar-refractivity contribution in [2.45, 2.75) is 195 Å². The summed E-state index contributed by atoms with van der Waals surface area (Å²) in [5.41, 5.74) is 26.0. The second-order valence-corrected chi connectivity index (χ2v) is 32.8. The Morgan fingerprint density at radius 2 is 1.06 bits per heavy atom. The summed E-state index contributed by atoms with van der Waals surface area (Å²) in [6.45, 7) is 29.8. The number of azide groups is 2. The molecule has 16 atom stereocenters. The number of hydroxylamine groups is 4. The Balaban J connectivity index is 0.000000187. The Morgan fingerprint density at radius 3 is 1.46 bits per heavy atom. The van der Waals surface area contributed by atoms with Crippen molar-refractivity contribution >= 4 is 70.3 Å². The van der Waals surface area contributed by atoms with Gasteiger partial charge in [-0.2, -0.15) is 10.1 Å². The first-order chi connectivity index (χ1) is 46.8. The average molecular weight is 1490 g/mol. The lowest BCUT2D eigenvalue weighted by atomic mass is 9.45. The van der Waals surface area contributed by atoms with Gasteiger partial charge in [0, 0.05) is 76.9 Å². The van der Waals surface area contributed by atoms with Crippen molar-refractivity contribution in [2.75, 3.05) is 51.1 Å². The van der Waals surface area contributed by atoms with Crippen LogP contribution in [0.5, 0.6) is 0 Å². The standard InChI is InChI=1S/C34H46N6O5.C25H36IN5O3.C15H22BNO4/c1-18-21(9-8-10-26(18)22-11-23(33(43)44)13-25(12-22)39(6)7)17-40-31(30(20(3)41)29(45-40)16-36-38-35)32(42)37-28-15-24-14-27(19(28)2)34(24,4)5;1-13-16(7-6-8-19(13)26)12-31-23(22(15(3)32)21(34-31)11-28-30-27)24(33)29-20-10-17-9-18(14(20)2)25(17,4)5;1-14(2)15(3,4)21-16(20-14)11-7-10(13(18)19)8-12(9-11)17(5)6/h8-13,19-20,24,27-31,41H,14-17H2,1-7H3,(H,37,42)(H,43,44);6-8,14-15,17-18,20-23,32H,9-12H2,1-5H3,(H,29,33);7-9H,1-6H3,(H,18,19)/t19-,20-,24+,27-,28?,29-,30+,31-;14-,15-,17+,18-,20?,21-,22+,23?;/m00./s1. The molecule has 26 heteroatoms. The molecule has 0 aromatic heterocycles. The second-order valence-electron chi connectivity index (χ2n) is 31.6. The van der Waals surface area contributed by atoms with Gasteiger partial charge in [-0.05, 0) is 242 Å². The van der Waals surface area contributed by atoms with E-state index in [9.17, 15) is 39.6 Å². The molecule has 542 valence electrons. The maximum absolute atomic E-state index is 14.1. The summed E-state index contributed by atoms with van der Waals surface area (Å²) < 4.78 is 13.1. The number of carboxylic acid groups (broad SMARTS) is 2. The zero-order chi connectivity index (χ0) is 73.6. The van der Waals surface area contributed by atoms with Crippen LogP contribution in [0, 0.1) is 75.6 Å². The first kappa shape index (κ1) is 77.6. The smallest absolute Gasteiger partial charge is 0.478 e. The average Bonchev–Trinajstić information content (AvgIpc) is 0.957. The van der Waals surface area contributed by atoms with Crippen molar-refractivity contribution in [3.8, 4) is 11.1 Å². The Morgan fingerprint density at radius 1 is 0.640 bits per heavy atom. The Kier molecular flexibility index (Phi) is 23.9. The van der Waals surface area contributed by atoms with Gasteiger partial charge in [0.1, 0.15) is 12.1 Å². The fraction of sp³-hybridized carbons (Fsp3) is 0.622. The van der Waals surface area contributed by atoms with E-state index in [2.05, 4.69) is 108 Å². The number of nitrogens with zero attached hydrogens (tertiary/aromatic N) is 10. The summed E-state index contributed by atoms with van der Waals surface area (Å²) in [7, 11) is 6.91. The minimum absolute atomic E-state index is 0.0150. The van der Waals surface area contributed by atoms with Gasteiger partial charge in [-0.1, -0.05) is 82.1 Å². The van der Waals surface area contributed by atoms with E-state index in [4.69, 9.17) is 30.0 Å². The molecule has 6 aliphatic carbocycles. The van der Waals surface area contributed by atoms with Crippen LogP contribution in [0.3, 0.4) is 0 Å². The van der Waals surface area contributed by atoms with Crippen LogP contribution in [-0.4, -0.2) is 162 Å². The molecule has 6 saturated carbocycles. The van der Waals surface area contributed by atoms with Crippen LogP contribution in [0.4, 0.5) is 11.4 Å². The number of hydrogen-bond donors (Lipinski definition) is 6. The van der Waals surface area contributed by atoms with Crippen LogP contribution in [0.1, 0.15) is 152 Å². The van der Waals surface area contributed by atoms with E-state index in [0.717, 1.165) is 66.6 Å². The number of amides is 2. The van der Waals surface area contributed by atoms with Gasteiger partial charge in [0.2, 0.25) is 11.8 Å². The van der Waals surface area contributed by atoms with Gasteiger partial charge in [0.25, 0.3) is 0 Å². The molecule has 4 bridgehead atoms. The number of hydrogen-bond acceptors (Lipinski definition) is 16. The number of aliphatic hydroxyl groups is 2. The topological polar surface area (TPSA) is 321 Å². The summed E-state index contributed by atoms with van der Waals surface area (Å²) in [4.78, 5) is 73.2. The number of halogens is 1. The van der Waals surface area contributed by atoms with Crippen molar-refractivity contribution in [1.29, 1.82) is 0 Å². The number of carbonyl (C=O) groups is 4. The molecule has 2 amide bonds. The number of carbonyl (C=O) groups excluding carboxylic acids is 2. The molecule has 3 unspecified atom stereocenters. The summed E-state index contributed by atoms with van der Waals surface area (Å²) in [5, 5.41) is 58.0. The van der Waals surface area contributed by atoms with Gasteiger partial charge >= 0.3 is 19.1 Å². The molecule has 4 aromatic carbocycles. The number of carboxylic acids is 2. The molecule has 3 heterocycles. The van der Waals surface area contributed by atoms with Crippen molar-refractivity contribution < 1.29 is 58.6 Å². The molecule has 3 saturated heterocycles. The molecular weight excluding hydrogens is 1390 g/mol. The van der Waals surface area contributed by atoms with E-state index < -0.39 is 78.6 Å². The molecule has 100 heavy (non-hydrogen) atoms. The minimum Gasteiger partial charge on any atom is -0.478 e. The Labute approximate surface area is 603 Å². The number of fused-ring (bicyclic) bond motifs is 4. The van der Waals surface area contributed by atoms with E-state index >= 15 is 0 Å². The van der Waals surface area contributed by atoms with E-state index in [0.29, 0.717) is 47.5 Å². The van der Waals surface area contributed by atoms with E-state index in [1.54, 1.807) is 48.2 Å². The number of nitrogens with one attached hydrogen (secondary N) is 2. The third-order valence-electron chi connectivity index (χ3n) is 24.1. The molecule has 4 aromatic rings. The Hall–Kier alpha value is -6.55. The van der Waals surface area contributed by atoms with Gasteiger partial charge in [0.15, 0.2) is 0 Å². The van der Waals surface area contributed by atoms with Gasteiger partial charge in [0.05, 0.1) is 72.9 Å². The second kappa shape index (κ2) is 30.8. The quantitative estimate of drug-likeness (QED) is 0.0157. The first-order valence-electron chi connectivity index (χ1n) is 35.0. The lowest BCUT2D eigenvalue weighted by molar-refractivity contribution is -0.176. The van der Waals surface area contributed by atoms with Gasteiger partial charge in [-0.3, -0.25) is 19.3 Å². The number of rotatable bonds is 20. The van der Waals surface area contributed by atoms with Crippen LogP contribution in [0.15, 0.2) is 83.0 Å². The van der Waals surface area contributed by atoms with E-state index in [-0.39, 0.29) is 60.1 Å². The molecule has 24 nitrogen and oxygen atoms in total. The lowest BCUT2D eigenvalue weighted by Crippen LogP contribution is -2.62. The molecule has 3 aliphatic heterocycles. The van der Waals surface area contributed by atoms with Crippen molar-refractivity contribution in [3.63, 3.8) is 0 Å². The van der Waals surface area contributed by atoms with Crippen molar-refractivity contribution in [2.24, 2.45) is 68.4 Å². The highest BCUT2D eigenvalue weighted by atomic mass is 127. The SMILES string of the molecule is CN(C)c1cc(B2OC(C)(C)C(C)(C)O2)cc(C(=O)O)c1.Cc1c(CN2O[C@@H](CN=[N+]=[N-])[C@@H]([C@H](C)O)[C@H]2C(=O)NC2C[C@H]3C[C@@H]([C@@H]2C)C3(C)C)cccc1-c1cc(C(=O)O)cc(N(C)C)c1.Cc1c(I)cccc1CN1O[C@@H](CN=[N+]=[N-])[C@@H]([C@H](C)O)C1C(=O)NC1C[C@H]2C[C@@H]([C@@H]1C)C2(C)C. The van der Waals surface area contributed by atoms with Crippen molar-refractivity contribution in [1.82, 2.24) is 20.8 Å². The first-order valence-corrected chi connectivity index (χ1v) is 36.1. The van der Waals surface area contributed by atoms with Gasteiger partial charge < -0.3 is 50.2 Å². The third-order valence-corrected chi connectivity index (χ3v) is 25.3. The van der Waals surface area contributed by atoms with Crippen LogP contribution in [0.25, 0.3) is 32.0 Å². The number of aliphatic hydroxyl groups excluding tert-OH is 2. The maximum atomic E-state index is 14.1. The van der Waals surface area contributed by atoms with Crippen LogP contribution in [0.2, 0.25) is 0 Å². The zero-order valence-electron chi connectivity index (χ0n) is 61.3. The van der Waals surface area contributed by atoms with Crippen molar-refractivity contribution in [3.05, 3.63) is 131 Å². The number of benzene rings is 4. The minimum atomic E-state index is -1.00. The number of anilines is 2. The molecule has 6 N–H and O–H groups in total. The fourth-order valence-electron chi connectivity index (χ4n) is 16.8. The van der Waals surface area contributed by atoms with Gasteiger partial charge in [-0.25, -0.2) is 9.59 Å². The molecule has 0 spiro atoms. The molecule has 9 aliphatic rings. The molecule has 0 radical (unpaired) electrons. The highest BCUT2D eigenvalue weighted by Gasteiger charge is 2.60. The molecule has 9 fully saturated rings. The summed E-state index contributed by atoms with van der Waals surface area (Å²) in [6, 6.07) is 21.0. The number of aromatic carboxylic acids is 2. The van der Waals surface area contributed by atoms with Crippen LogP contribution >= 0.6 is 22.6 Å².